The standard InChI is InChI=1S/C19H24N2O/c1-13(2)21-19(22)17-8-9-18(15(4)11-17)20-12-16-7-5-6-14(3)10-16/h5-11,13,20H,12H2,1-4H3,(H,21,22). The molecule has 0 saturated heterocycles. The molecule has 0 saturated carbocycles. The highest BCUT2D eigenvalue weighted by atomic mass is 16.1. The Labute approximate surface area is 132 Å². The number of aryl methyl sites for hydroxylation is 2. The van der Waals surface area contributed by atoms with Crippen LogP contribution in [0, 0.1) is 13.8 Å². The minimum Gasteiger partial charge on any atom is -0.381 e. The molecule has 2 rings (SSSR count). The van der Waals surface area contributed by atoms with Crippen LogP contribution in [0.1, 0.15) is 40.9 Å². The zero-order chi connectivity index (χ0) is 16.1. The molecule has 2 N–H and O–H groups in total. The lowest BCUT2D eigenvalue weighted by molar-refractivity contribution is 0.0943. The van der Waals surface area contributed by atoms with Crippen molar-refractivity contribution in [1.82, 2.24) is 5.32 Å². The number of hydrogen-bond acceptors (Lipinski definition) is 2. The molecule has 0 aromatic heterocycles. The summed E-state index contributed by atoms with van der Waals surface area (Å²) in [7, 11) is 0. The maximum atomic E-state index is 12.0. The summed E-state index contributed by atoms with van der Waals surface area (Å²) < 4.78 is 0. The molecule has 0 atom stereocenters. The van der Waals surface area contributed by atoms with Crippen molar-refractivity contribution < 1.29 is 4.79 Å². The average molecular weight is 296 g/mol. The third-order valence-electron chi connectivity index (χ3n) is 3.47. The van der Waals surface area contributed by atoms with Crippen molar-refractivity contribution in [2.45, 2.75) is 40.3 Å². The Balaban J connectivity index is 2.05. The number of nitrogens with one attached hydrogen (secondary N) is 2. The van der Waals surface area contributed by atoms with Gasteiger partial charge in [0.1, 0.15) is 0 Å². The van der Waals surface area contributed by atoms with Gasteiger partial charge in [-0.1, -0.05) is 29.8 Å². The summed E-state index contributed by atoms with van der Waals surface area (Å²) in [6, 6.07) is 14.4. The highest BCUT2D eigenvalue weighted by Crippen LogP contribution is 2.18. The van der Waals surface area contributed by atoms with E-state index in [1.54, 1.807) is 0 Å². The lowest BCUT2D eigenvalue weighted by Crippen LogP contribution is -2.30. The Kier molecular flexibility index (Phi) is 5.21. The quantitative estimate of drug-likeness (QED) is 0.874. The molecule has 3 nitrogen and oxygen atoms in total. The summed E-state index contributed by atoms with van der Waals surface area (Å²) in [6.45, 7) is 8.81. The van der Waals surface area contributed by atoms with Gasteiger partial charge >= 0.3 is 0 Å². The largest absolute Gasteiger partial charge is 0.381 e. The summed E-state index contributed by atoms with van der Waals surface area (Å²) in [5, 5.41) is 6.34. The van der Waals surface area contributed by atoms with Gasteiger partial charge in [0.15, 0.2) is 0 Å². The van der Waals surface area contributed by atoms with Crippen LogP contribution in [0.25, 0.3) is 0 Å². The van der Waals surface area contributed by atoms with Crippen LogP contribution in [-0.4, -0.2) is 11.9 Å². The lowest BCUT2D eigenvalue weighted by atomic mass is 10.1. The summed E-state index contributed by atoms with van der Waals surface area (Å²) in [5.41, 5.74) is 5.34. The van der Waals surface area contributed by atoms with Crippen molar-refractivity contribution in [3.8, 4) is 0 Å². The highest BCUT2D eigenvalue weighted by Gasteiger charge is 2.08. The molecule has 0 aliphatic carbocycles. The third kappa shape index (κ3) is 4.35. The van der Waals surface area contributed by atoms with Crippen LogP contribution in [0.15, 0.2) is 42.5 Å². The zero-order valence-corrected chi connectivity index (χ0v) is 13.7. The first kappa shape index (κ1) is 16.1. The molecule has 3 heteroatoms. The van der Waals surface area contributed by atoms with E-state index in [4.69, 9.17) is 0 Å². The van der Waals surface area contributed by atoms with Crippen LogP contribution in [0.5, 0.6) is 0 Å². The zero-order valence-electron chi connectivity index (χ0n) is 13.7. The third-order valence-corrected chi connectivity index (χ3v) is 3.47. The number of amides is 1. The van der Waals surface area contributed by atoms with E-state index in [2.05, 4.69) is 41.8 Å². The van der Waals surface area contributed by atoms with Crippen LogP contribution in [0.4, 0.5) is 5.69 Å². The molecule has 22 heavy (non-hydrogen) atoms. The Hall–Kier alpha value is -2.29. The number of rotatable bonds is 5. The lowest BCUT2D eigenvalue weighted by Gasteiger charge is -2.13. The van der Waals surface area contributed by atoms with Crippen LogP contribution < -0.4 is 10.6 Å². The molecule has 0 bridgehead atoms. The van der Waals surface area contributed by atoms with Gasteiger partial charge in [0, 0.05) is 23.8 Å². The fourth-order valence-electron chi connectivity index (χ4n) is 2.37. The normalized spacial score (nSPS) is 10.6. The van der Waals surface area contributed by atoms with Gasteiger partial charge < -0.3 is 10.6 Å². The van der Waals surface area contributed by atoms with E-state index in [9.17, 15) is 4.79 Å². The first-order valence-corrected chi connectivity index (χ1v) is 7.66. The fraction of sp³-hybridized carbons (Fsp3) is 0.316. The summed E-state index contributed by atoms with van der Waals surface area (Å²) >= 11 is 0. The molecular formula is C19H24N2O. The number of anilines is 1. The second-order valence-corrected chi connectivity index (χ2v) is 6.00. The fourth-order valence-corrected chi connectivity index (χ4v) is 2.37. The Bertz CT molecular complexity index is 662. The molecule has 0 heterocycles. The van der Waals surface area contributed by atoms with E-state index in [-0.39, 0.29) is 11.9 Å². The molecule has 0 spiro atoms. The molecule has 0 aliphatic rings. The number of benzene rings is 2. The molecular weight excluding hydrogens is 272 g/mol. The topological polar surface area (TPSA) is 41.1 Å². The van der Waals surface area contributed by atoms with Crippen LogP contribution in [-0.2, 0) is 6.54 Å². The van der Waals surface area contributed by atoms with Crippen molar-refractivity contribution in [1.29, 1.82) is 0 Å². The maximum absolute atomic E-state index is 12.0. The highest BCUT2D eigenvalue weighted by molar-refractivity contribution is 5.95. The van der Waals surface area contributed by atoms with E-state index in [1.807, 2.05) is 39.0 Å². The van der Waals surface area contributed by atoms with E-state index in [0.717, 1.165) is 17.8 Å². The van der Waals surface area contributed by atoms with E-state index >= 15 is 0 Å². The van der Waals surface area contributed by atoms with Crippen molar-refractivity contribution in [2.75, 3.05) is 5.32 Å². The maximum Gasteiger partial charge on any atom is 0.251 e. The van der Waals surface area contributed by atoms with E-state index < -0.39 is 0 Å². The predicted molar refractivity (Wildman–Crippen MR) is 92.3 cm³/mol. The first-order chi connectivity index (χ1) is 10.5. The second kappa shape index (κ2) is 7.12. The van der Waals surface area contributed by atoms with Gasteiger partial charge in [-0.2, -0.15) is 0 Å². The van der Waals surface area contributed by atoms with Gasteiger partial charge in [0.25, 0.3) is 5.91 Å². The van der Waals surface area contributed by atoms with Crippen LogP contribution in [0.2, 0.25) is 0 Å². The Morgan fingerprint density at radius 3 is 2.50 bits per heavy atom. The Morgan fingerprint density at radius 2 is 1.86 bits per heavy atom. The molecule has 0 fully saturated rings. The molecule has 2 aromatic rings. The van der Waals surface area contributed by atoms with E-state index in [0.29, 0.717) is 5.56 Å². The van der Waals surface area contributed by atoms with Crippen LogP contribution >= 0.6 is 0 Å². The van der Waals surface area contributed by atoms with Gasteiger partial charge in [-0.15, -0.1) is 0 Å². The van der Waals surface area contributed by atoms with Crippen LogP contribution in [0.3, 0.4) is 0 Å². The molecule has 0 unspecified atom stereocenters. The van der Waals surface area contributed by atoms with Crippen molar-refractivity contribution in [3.63, 3.8) is 0 Å². The van der Waals surface area contributed by atoms with Crippen molar-refractivity contribution in [3.05, 3.63) is 64.7 Å². The van der Waals surface area contributed by atoms with Gasteiger partial charge in [0.2, 0.25) is 0 Å². The minimum absolute atomic E-state index is 0.0247. The SMILES string of the molecule is Cc1cccc(CNc2ccc(C(=O)NC(C)C)cc2C)c1. The van der Waals surface area contributed by atoms with Gasteiger partial charge in [0.05, 0.1) is 0 Å². The number of carbonyl (C=O) groups excluding carboxylic acids is 1. The number of hydrogen-bond donors (Lipinski definition) is 2. The van der Waals surface area contributed by atoms with Crippen molar-refractivity contribution in [2.24, 2.45) is 0 Å². The molecule has 116 valence electrons. The molecule has 0 radical (unpaired) electrons. The molecule has 0 aliphatic heterocycles. The summed E-state index contributed by atoms with van der Waals surface area (Å²) in [4.78, 5) is 12.0. The smallest absolute Gasteiger partial charge is 0.251 e. The minimum atomic E-state index is -0.0247. The molecule has 2 aromatic carbocycles. The summed E-state index contributed by atoms with van der Waals surface area (Å²) in [5.74, 6) is -0.0247. The van der Waals surface area contributed by atoms with Gasteiger partial charge in [-0.05, 0) is 57.0 Å². The van der Waals surface area contributed by atoms with E-state index in [1.165, 1.54) is 11.1 Å². The number of carbonyl (C=O) groups is 1. The van der Waals surface area contributed by atoms with Gasteiger partial charge in [-0.25, -0.2) is 0 Å². The first-order valence-electron chi connectivity index (χ1n) is 7.66. The second-order valence-electron chi connectivity index (χ2n) is 6.00. The predicted octanol–water partition coefficient (Wildman–Crippen LogP) is 4.05. The monoisotopic (exact) mass is 296 g/mol. The molecule has 1 amide bonds. The van der Waals surface area contributed by atoms with Crippen molar-refractivity contribution >= 4 is 11.6 Å². The average Bonchev–Trinajstić information content (AvgIpc) is 2.45. The Morgan fingerprint density at radius 1 is 1.09 bits per heavy atom. The van der Waals surface area contributed by atoms with Gasteiger partial charge in [-0.3, -0.25) is 4.79 Å². The summed E-state index contributed by atoms with van der Waals surface area (Å²) in [6.07, 6.45) is 0.